The molecule has 0 aliphatic carbocycles. The predicted octanol–water partition coefficient (Wildman–Crippen LogP) is 6.17. The standard InChI is InChI=1S/C21H42O3/c1-3-5-6-7-8-9-10-11-12-13-16-20(22)17-14-15-18-21(23)24-19-4-2/h20,22H,3-19H2,1-2H3. The average Bonchev–Trinajstić information content (AvgIpc) is 2.58. The van der Waals surface area contributed by atoms with Crippen molar-refractivity contribution in [2.24, 2.45) is 0 Å². The van der Waals surface area contributed by atoms with Gasteiger partial charge < -0.3 is 9.84 Å². The molecular weight excluding hydrogens is 300 g/mol. The molecule has 0 amide bonds. The molecule has 0 fully saturated rings. The molecule has 0 aromatic rings. The van der Waals surface area contributed by atoms with Gasteiger partial charge in [-0.15, -0.1) is 0 Å². The average molecular weight is 343 g/mol. The Bertz CT molecular complexity index is 266. The molecule has 1 unspecified atom stereocenters. The van der Waals surface area contributed by atoms with Gasteiger partial charge >= 0.3 is 5.97 Å². The highest BCUT2D eigenvalue weighted by Crippen LogP contribution is 2.14. The van der Waals surface area contributed by atoms with Crippen molar-refractivity contribution in [1.82, 2.24) is 0 Å². The molecule has 0 aromatic carbocycles. The van der Waals surface area contributed by atoms with Crippen molar-refractivity contribution < 1.29 is 14.6 Å². The summed E-state index contributed by atoms with van der Waals surface area (Å²) in [5.74, 6) is -0.0963. The highest BCUT2D eigenvalue weighted by Gasteiger charge is 2.06. The number of carbonyl (C=O) groups excluding carboxylic acids is 1. The third-order valence-electron chi connectivity index (χ3n) is 4.53. The summed E-state index contributed by atoms with van der Waals surface area (Å²) in [4.78, 5) is 11.3. The van der Waals surface area contributed by atoms with Gasteiger partial charge in [0.25, 0.3) is 0 Å². The summed E-state index contributed by atoms with van der Waals surface area (Å²) in [6.45, 7) is 4.79. The minimum atomic E-state index is -0.189. The summed E-state index contributed by atoms with van der Waals surface area (Å²) in [5, 5.41) is 9.96. The molecule has 0 rings (SSSR count). The number of esters is 1. The second-order valence-electron chi connectivity index (χ2n) is 7.09. The van der Waals surface area contributed by atoms with Crippen LogP contribution >= 0.6 is 0 Å². The first-order valence-electron chi connectivity index (χ1n) is 10.5. The number of hydrogen-bond donors (Lipinski definition) is 1. The van der Waals surface area contributed by atoms with E-state index in [-0.39, 0.29) is 12.1 Å². The van der Waals surface area contributed by atoms with Crippen molar-refractivity contribution in [1.29, 1.82) is 0 Å². The molecule has 0 aliphatic heterocycles. The molecule has 0 radical (unpaired) electrons. The molecular formula is C21H42O3. The van der Waals surface area contributed by atoms with E-state index in [0.29, 0.717) is 13.0 Å². The van der Waals surface area contributed by atoms with Crippen LogP contribution in [0.5, 0.6) is 0 Å². The molecule has 0 aliphatic rings. The number of aliphatic hydroxyl groups is 1. The zero-order valence-electron chi connectivity index (χ0n) is 16.4. The van der Waals surface area contributed by atoms with Gasteiger partial charge in [0, 0.05) is 6.42 Å². The predicted molar refractivity (Wildman–Crippen MR) is 102 cm³/mol. The summed E-state index contributed by atoms with van der Waals surface area (Å²) >= 11 is 0. The van der Waals surface area contributed by atoms with E-state index in [2.05, 4.69) is 6.92 Å². The molecule has 3 nitrogen and oxygen atoms in total. The van der Waals surface area contributed by atoms with Gasteiger partial charge in [0.15, 0.2) is 0 Å². The fourth-order valence-electron chi connectivity index (χ4n) is 2.95. The Labute approximate surface area is 150 Å². The van der Waals surface area contributed by atoms with Gasteiger partial charge in [0.1, 0.15) is 0 Å². The SMILES string of the molecule is CCCCCCCCCCCCC(O)CCCCC(=O)OCCC. The van der Waals surface area contributed by atoms with Crippen molar-refractivity contribution in [2.75, 3.05) is 6.61 Å². The van der Waals surface area contributed by atoms with Gasteiger partial charge in [-0.25, -0.2) is 0 Å². The topological polar surface area (TPSA) is 46.5 Å². The summed E-state index contributed by atoms with van der Waals surface area (Å²) < 4.78 is 5.04. The van der Waals surface area contributed by atoms with E-state index in [1.807, 2.05) is 6.92 Å². The number of ether oxygens (including phenoxy) is 1. The molecule has 0 spiro atoms. The lowest BCUT2D eigenvalue weighted by Crippen LogP contribution is -2.08. The third-order valence-corrected chi connectivity index (χ3v) is 4.53. The lowest BCUT2D eigenvalue weighted by molar-refractivity contribution is -0.143. The van der Waals surface area contributed by atoms with E-state index >= 15 is 0 Å². The van der Waals surface area contributed by atoms with E-state index in [9.17, 15) is 9.90 Å². The van der Waals surface area contributed by atoms with E-state index in [4.69, 9.17) is 4.74 Å². The van der Waals surface area contributed by atoms with Crippen LogP contribution in [-0.4, -0.2) is 23.8 Å². The Morgan fingerprint density at radius 2 is 1.25 bits per heavy atom. The van der Waals surface area contributed by atoms with Gasteiger partial charge in [-0.1, -0.05) is 84.5 Å². The molecule has 3 heteroatoms. The first kappa shape index (κ1) is 23.4. The van der Waals surface area contributed by atoms with Crippen LogP contribution in [0.3, 0.4) is 0 Å². The van der Waals surface area contributed by atoms with E-state index in [0.717, 1.165) is 38.5 Å². The smallest absolute Gasteiger partial charge is 0.305 e. The summed E-state index contributed by atoms with van der Waals surface area (Å²) in [6, 6.07) is 0. The van der Waals surface area contributed by atoms with Gasteiger partial charge in [-0.05, 0) is 25.7 Å². The Balaban J connectivity index is 3.23. The Morgan fingerprint density at radius 3 is 1.79 bits per heavy atom. The van der Waals surface area contributed by atoms with E-state index in [1.165, 1.54) is 57.8 Å². The monoisotopic (exact) mass is 342 g/mol. The fourth-order valence-corrected chi connectivity index (χ4v) is 2.95. The van der Waals surface area contributed by atoms with Gasteiger partial charge in [-0.2, -0.15) is 0 Å². The van der Waals surface area contributed by atoms with Gasteiger partial charge in [0.2, 0.25) is 0 Å². The van der Waals surface area contributed by atoms with Crippen molar-refractivity contribution >= 4 is 5.97 Å². The van der Waals surface area contributed by atoms with Gasteiger partial charge in [-0.3, -0.25) is 4.79 Å². The first-order valence-corrected chi connectivity index (χ1v) is 10.5. The van der Waals surface area contributed by atoms with E-state index < -0.39 is 0 Å². The molecule has 0 heterocycles. The fraction of sp³-hybridized carbons (Fsp3) is 0.952. The Morgan fingerprint density at radius 1 is 0.750 bits per heavy atom. The van der Waals surface area contributed by atoms with Crippen LogP contribution in [-0.2, 0) is 9.53 Å². The molecule has 0 saturated heterocycles. The third kappa shape index (κ3) is 17.8. The van der Waals surface area contributed by atoms with Crippen LogP contribution < -0.4 is 0 Å². The number of carbonyl (C=O) groups is 1. The normalized spacial score (nSPS) is 12.3. The van der Waals surface area contributed by atoms with Crippen LogP contribution in [0.1, 0.15) is 117 Å². The summed E-state index contributed by atoms with van der Waals surface area (Å²) in [5.41, 5.74) is 0. The molecule has 0 aromatic heterocycles. The number of hydrogen-bond acceptors (Lipinski definition) is 3. The zero-order valence-corrected chi connectivity index (χ0v) is 16.4. The molecule has 1 N–H and O–H groups in total. The maximum atomic E-state index is 11.3. The highest BCUT2D eigenvalue weighted by molar-refractivity contribution is 5.69. The van der Waals surface area contributed by atoms with Gasteiger partial charge in [0.05, 0.1) is 12.7 Å². The summed E-state index contributed by atoms with van der Waals surface area (Å²) in [6.07, 6.45) is 18.0. The number of aliphatic hydroxyl groups excluding tert-OH is 1. The maximum Gasteiger partial charge on any atom is 0.305 e. The molecule has 0 saturated carbocycles. The Kier molecular flexibility index (Phi) is 18.3. The van der Waals surface area contributed by atoms with Crippen molar-refractivity contribution in [3.05, 3.63) is 0 Å². The van der Waals surface area contributed by atoms with Crippen LogP contribution in [0, 0.1) is 0 Å². The second-order valence-corrected chi connectivity index (χ2v) is 7.09. The molecule has 0 bridgehead atoms. The molecule has 24 heavy (non-hydrogen) atoms. The van der Waals surface area contributed by atoms with Crippen molar-refractivity contribution in [2.45, 2.75) is 123 Å². The molecule has 1 atom stereocenters. The van der Waals surface area contributed by atoms with Crippen LogP contribution in [0.2, 0.25) is 0 Å². The van der Waals surface area contributed by atoms with E-state index in [1.54, 1.807) is 0 Å². The lowest BCUT2D eigenvalue weighted by atomic mass is 10.0. The number of rotatable bonds is 18. The minimum Gasteiger partial charge on any atom is -0.466 e. The molecule has 144 valence electrons. The highest BCUT2D eigenvalue weighted by atomic mass is 16.5. The van der Waals surface area contributed by atoms with Crippen LogP contribution in [0.25, 0.3) is 0 Å². The first-order chi connectivity index (χ1) is 11.7. The quantitative estimate of drug-likeness (QED) is 0.239. The summed E-state index contributed by atoms with van der Waals surface area (Å²) in [7, 11) is 0. The van der Waals surface area contributed by atoms with Crippen LogP contribution in [0.4, 0.5) is 0 Å². The second kappa shape index (κ2) is 18.8. The largest absolute Gasteiger partial charge is 0.466 e. The van der Waals surface area contributed by atoms with Crippen molar-refractivity contribution in [3.8, 4) is 0 Å². The van der Waals surface area contributed by atoms with Crippen LogP contribution in [0.15, 0.2) is 0 Å². The lowest BCUT2D eigenvalue weighted by Gasteiger charge is -2.10. The van der Waals surface area contributed by atoms with Crippen molar-refractivity contribution in [3.63, 3.8) is 0 Å². The Hall–Kier alpha value is -0.570. The maximum absolute atomic E-state index is 11.3. The number of unbranched alkanes of at least 4 members (excludes halogenated alkanes) is 10. The zero-order chi connectivity index (χ0) is 17.9. The minimum absolute atomic E-state index is 0.0963.